The van der Waals surface area contributed by atoms with Gasteiger partial charge in [0.2, 0.25) is 0 Å². The summed E-state index contributed by atoms with van der Waals surface area (Å²) in [7, 11) is 0. The van der Waals surface area contributed by atoms with Gasteiger partial charge in [-0.25, -0.2) is 4.98 Å². The van der Waals surface area contributed by atoms with Crippen molar-refractivity contribution >= 4 is 11.3 Å². The van der Waals surface area contributed by atoms with Crippen molar-refractivity contribution in [2.75, 3.05) is 6.54 Å². The van der Waals surface area contributed by atoms with Crippen LogP contribution in [0.25, 0.3) is 11.3 Å². The Balaban J connectivity index is 1.93. The van der Waals surface area contributed by atoms with Crippen LogP contribution in [0, 0.1) is 0 Å². The summed E-state index contributed by atoms with van der Waals surface area (Å²) in [5.74, 6) is 0.706. The molecule has 1 aromatic heterocycles. The molecule has 0 amide bonds. The average Bonchev–Trinajstić information content (AvgIpc) is 3.15. The van der Waals surface area contributed by atoms with Crippen molar-refractivity contribution in [1.29, 1.82) is 0 Å². The minimum Gasteiger partial charge on any atom is -0.312 e. The van der Waals surface area contributed by atoms with Gasteiger partial charge in [0.15, 0.2) is 0 Å². The van der Waals surface area contributed by atoms with Gasteiger partial charge < -0.3 is 5.32 Å². The molecule has 2 aromatic rings. The highest BCUT2D eigenvalue weighted by atomic mass is 32.1. The van der Waals surface area contributed by atoms with Gasteiger partial charge in [0, 0.05) is 22.9 Å². The number of hydrogen-bond donors (Lipinski definition) is 1. The third kappa shape index (κ3) is 2.94. The molecule has 20 heavy (non-hydrogen) atoms. The van der Waals surface area contributed by atoms with Crippen LogP contribution in [0.4, 0.5) is 0 Å². The number of hydrogen-bond acceptors (Lipinski definition) is 3. The highest BCUT2D eigenvalue weighted by Gasteiger charge is 2.22. The Morgan fingerprint density at radius 1 is 1.20 bits per heavy atom. The molecule has 1 fully saturated rings. The minimum atomic E-state index is 0.706. The lowest BCUT2D eigenvalue weighted by Crippen LogP contribution is -2.11. The van der Waals surface area contributed by atoms with Crippen LogP contribution in [-0.4, -0.2) is 11.5 Å². The van der Waals surface area contributed by atoms with Crippen LogP contribution < -0.4 is 5.32 Å². The molecule has 0 atom stereocenters. The predicted molar refractivity (Wildman–Crippen MR) is 86.1 cm³/mol. The summed E-state index contributed by atoms with van der Waals surface area (Å²) >= 11 is 1.92. The molecule has 106 valence electrons. The third-order valence-corrected chi connectivity index (χ3v) is 5.22. The van der Waals surface area contributed by atoms with Crippen LogP contribution in [0.15, 0.2) is 30.3 Å². The molecule has 1 saturated carbocycles. The Morgan fingerprint density at radius 2 is 1.95 bits per heavy atom. The highest BCUT2D eigenvalue weighted by Crippen LogP contribution is 2.39. The topological polar surface area (TPSA) is 24.9 Å². The lowest BCUT2D eigenvalue weighted by atomic mass is 10.1. The Labute approximate surface area is 125 Å². The van der Waals surface area contributed by atoms with Crippen LogP contribution in [0.3, 0.4) is 0 Å². The summed E-state index contributed by atoms with van der Waals surface area (Å²) in [5, 5.41) is 4.80. The number of aromatic nitrogens is 1. The van der Waals surface area contributed by atoms with Crippen molar-refractivity contribution in [2.24, 2.45) is 0 Å². The molecular formula is C17H22N2S. The van der Waals surface area contributed by atoms with E-state index in [0.29, 0.717) is 5.92 Å². The number of rotatable bonds is 5. The molecule has 3 heteroatoms. The molecule has 1 heterocycles. The molecule has 0 aliphatic heterocycles. The number of nitrogens with zero attached hydrogens (tertiary/aromatic N) is 1. The number of thiazole rings is 1. The molecule has 2 nitrogen and oxygen atoms in total. The van der Waals surface area contributed by atoms with Crippen molar-refractivity contribution in [3.8, 4) is 11.3 Å². The zero-order chi connectivity index (χ0) is 13.8. The van der Waals surface area contributed by atoms with Gasteiger partial charge in [-0.05, 0) is 19.4 Å². The van der Waals surface area contributed by atoms with Crippen molar-refractivity contribution < 1.29 is 0 Å². The standard InChI is InChI=1S/C17H22N2S/c1-2-18-12-15-16(13-8-4-3-5-9-13)19-17(20-15)14-10-6-7-11-14/h3-5,8-9,14,18H,2,6-7,10-12H2,1H3. The predicted octanol–water partition coefficient (Wildman–Crippen LogP) is 4.58. The Kier molecular flexibility index (Phi) is 4.48. The lowest BCUT2D eigenvalue weighted by Gasteiger charge is -2.02. The molecule has 0 bridgehead atoms. The molecule has 0 radical (unpaired) electrons. The smallest absolute Gasteiger partial charge is 0.0966 e. The SMILES string of the molecule is CCNCc1sc(C2CCCC2)nc1-c1ccccc1. The Hall–Kier alpha value is -1.19. The Morgan fingerprint density at radius 3 is 2.65 bits per heavy atom. The molecule has 1 aromatic carbocycles. The first kappa shape index (κ1) is 13.8. The average molecular weight is 286 g/mol. The van der Waals surface area contributed by atoms with Crippen molar-refractivity contribution in [3.05, 3.63) is 40.2 Å². The summed E-state index contributed by atoms with van der Waals surface area (Å²) in [6.07, 6.45) is 5.38. The summed E-state index contributed by atoms with van der Waals surface area (Å²) in [6, 6.07) is 10.6. The molecule has 0 saturated heterocycles. The van der Waals surface area contributed by atoms with Gasteiger partial charge in [0.05, 0.1) is 10.7 Å². The summed E-state index contributed by atoms with van der Waals surface area (Å²) in [5.41, 5.74) is 2.44. The van der Waals surface area contributed by atoms with E-state index in [9.17, 15) is 0 Å². The first-order valence-electron chi connectivity index (χ1n) is 7.64. The van der Waals surface area contributed by atoms with Crippen LogP contribution in [-0.2, 0) is 6.54 Å². The maximum absolute atomic E-state index is 4.99. The minimum absolute atomic E-state index is 0.706. The van der Waals surface area contributed by atoms with Gasteiger partial charge in [-0.3, -0.25) is 0 Å². The first-order valence-corrected chi connectivity index (χ1v) is 8.46. The fourth-order valence-electron chi connectivity index (χ4n) is 2.90. The van der Waals surface area contributed by atoms with E-state index in [1.807, 2.05) is 11.3 Å². The van der Waals surface area contributed by atoms with Crippen LogP contribution in [0.5, 0.6) is 0 Å². The van der Waals surface area contributed by atoms with Crippen LogP contribution in [0.2, 0.25) is 0 Å². The highest BCUT2D eigenvalue weighted by molar-refractivity contribution is 7.12. The Bertz CT molecular complexity index is 541. The van der Waals surface area contributed by atoms with E-state index in [1.54, 1.807) is 0 Å². The molecule has 1 N–H and O–H groups in total. The molecule has 1 aliphatic rings. The molecule has 1 aliphatic carbocycles. The summed E-state index contributed by atoms with van der Waals surface area (Å²) in [6.45, 7) is 4.09. The first-order chi connectivity index (χ1) is 9.88. The molecule has 3 rings (SSSR count). The second-order valence-corrected chi connectivity index (χ2v) is 6.57. The maximum Gasteiger partial charge on any atom is 0.0966 e. The third-order valence-electron chi connectivity index (χ3n) is 4.00. The summed E-state index contributed by atoms with van der Waals surface area (Å²) < 4.78 is 0. The second-order valence-electron chi connectivity index (χ2n) is 5.45. The van der Waals surface area contributed by atoms with Gasteiger partial charge in [0.1, 0.15) is 0 Å². The van der Waals surface area contributed by atoms with Crippen molar-refractivity contribution in [3.63, 3.8) is 0 Å². The van der Waals surface area contributed by atoms with E-state index in [1.165, 1.54) is 46.8 Å². The van der Waals surface area contributed by atoms with Gasteiger partial charge in [-0.1, -0.05) is 50.1 Å². The van der Waals surface area contributed by atoms with Gasteiger partial charge in [0.25, 0.3) is 0 Å². The van der Waals surface area contributed by atoms with Gasteiger partial charge in [-0.15, -0.1) is 11.3 Å². The van der Waals surface area contributed by atoms with E-state index in [4.69, 9.17) is 4.98 Å². The normalized spacial score (nSPS) is 15.8. The quantitative estimate of drug-likeness (QED) is 0.870. The van der Waals surface area contributed by atoms with Gasteiger partial charge in [-0.2, -0.15) is 0 Å². The van der Waals surface area contributed by atoms with Crippen LogP contribution >= 0.6 is 11.3 Å². The molecular weight excluding hydrogens is 264 g/mol. The fraction of sp³-hybridized carbons (Fsp3) is 0.471. The molecule has 0 spiro atoms. The number of nitrogens with one attached hydrogen (secondary N) is 1. The monoisotopic (exact) mass is 286 g/mol. The largest absolute Gasteiger partial charge is 0.312 e. The maximum atomic E-state index is 4.99. The lowest BCUT2D eigenvalue weighted by molar-refractivity contribution is 0.716. The van der Waals surface area contributed by atoms with E-state index in [2.05, 4.69) is 42.6 Å². The fourth-order valence-corrected chi connectivity index (χ4v) is 4.12. The van der Waals surface area contributed by atoms with Crippen LogP contribution in [0.1, 0.15) is 48.4 Å². The van der Waals surface area contributed by atoms with Crippen molar-refractivity contribution in [2.45, 2.75) is 45.1 Å². The van der Waals surface area contributed by atoms with Crippen molar-refractivity contribution in [1.82, 2.24) is 10.3 Å². The zero-order valence-electron chi connectivity index (χ0n) is 12.1. The van der Waals surface area contributed by atoms with E-state index in [-0.39, 0.29) is 0 Å². The molecule has 0 unspecified atom stereocenters. The van der Waals surface area contributed by atoms with E-state index in [0.717, 1.165) is 13.1 Å². The van der Waals surface area contributed by atoms with E-state index < -0.39 is 0 Å². The zero-order valence-corrected chi connectivity index (χ0v) is 12.9. The van der Waals surface area contributed by atoms with E-state index >= 15 is 0 Å². The van der Waals surface area contributed by atoms with Gasteiger partial charge >= 0.3 is 0 Å². The second kappa shape index (κ2) is 6.51. The number of benzene rings is 1. The summed E-state index contributed by atoms with van der Waals surface area (Å²) in [4.78, 5) is 6.38.